The predicted octanol–water partition coefficient (Wildman–Crippen LogP) is 2.80. The van der Waals surface area contributed by atoms with Crippen LogP contribution in [0.15, 0.2) is 30.6 Å². The van der Waals surface area contributed by atoms with Gasteiger partial charge in [-0.2, -0.15) is 13.2 Å². The molecule has 2 heterocycles. The monoisotopic (exact) mass is 302 g/mol. The Hall–Kier alpha value is -2.22. The second kappa shape index (κ2) is 5.41. The number of nitrogens with one attached hydrogen (secondary N) is 1. The third kappa shape index (κ3) is 3.41. The van der Waals surface area contributed by atoms with Crippen LogP contribution in [0.5, 0.6) is 0 Å². The van der Waals surface area contributed by atoms with Gasteiger partial charge in [0.25, 0.3) is 5.91 Å². The molecule has 0 saturated heterocycles. The zero-order chi connectivity index (χ0) is 14.8. The first kappa shape index (κ1) is 14.2. The van der Waals surface area contributed by atoms with E-state index in [2.05, 4.69) is 20.3 Å². The van der Waals surface area contributed by atoms with E-state index >= 15 is 0 Å². The molecule has 0 aliphatic carbocycles. The lowest BCUT2D eigenvalue weighted by Gasteiger charge is -2.07. The van der Waals surface area contributed by atoms with Gasteiger partial charge < -0.3 is 0 Å². The summed E-state index contributed by atoms with van der Waals surface area (Å²) < 4.78 is 37.0. The summed E-state index contributed by atoms with van der Waals surface area (Å²) in [5, 5.41) is 2.39. The van der Waals surface area contributed by atoms with Gasteiger partial charge in [0.05, 0.1) is 5.56 Å². The van der Waals surface area contributed by atoms with Gasteiger partial charge in [-0.25, -0.2) is 9.97 Å². The average molecular weight is 303 g/mol. The van der Waals surface area contributed by atoms with E-state index < -0.39 is 17.6 Å². The Kier molecular flexibility index (Phi) is 3.84. The average Bonchev–Trinajstić information content (AvgIpc) is 2.38. The highest BCUT2D eigenvalue weighted by Crippen LogP contribution is 2.28. The van der Waals surface area contributed by atoms with Gasteiger partial charge >= 0.3 is 6.18 Å². The van der Waals surface area contributed by atoms with E-state index in [1.54, 1.807) is 0 Å². The van der Waals surface area contributed by atoms with Gasteiger partial charge in [0, 0.05) is 12.4 Å². The van der Waals surface area contributed by atoms with Crippen molar-refractivity contribution in [3.63, 3.8) is 0 Å². The van der Waals surface area contributed by atoms with Crippen molar-refractivity contribution in [2.75, 3.05) is 5.32 Å². The Morgan fingerprint density at radius 2 is 1.95 bits per heavy atom. The SMILES string of the molecule is O=C(Nc1nccc(Cl)n1)c1ccc(C(F)(F)F)cn1. The molecule has 0 fully saturated rings. The van der Waals surface area contributed by atoms with Crippen LogP contribution in [0.4, 0.5) is 19.1 Å². The van der Waals surface area contributed by atoms with Crippen molar-refractivity contribution in [2.45, 2.75) is 6.18 Å². The molecule has 2 rings (SSSR count). The van der Waals surface area contributed by atoms with Crippen molar-refractivity contribution in [3.8, 4) is 0 Å². The van der Waals surface area contributed by atoms with E-state index in [0.29, 0.717) is 6.20 Å². The number of hydrogen-bond donors (Lipinski definition) is 1. The third-order valence-electron chi connectivity index (χ3n) is 2.17. The molecule has 5 nitrogen and oxygen atoms in total. The van der Waals surface area contributed by atoms with E-state index in [1.165, 1.54) is 12.3 Å². The zero-order valence-corrected chi connectivity index (χ0v) is 10.4. The second-order valence-corrected chi connectivity index (χ2v) is 3.97. The first-order valence-electron chi connectivity index (χ1n) is 5.19. The molecule has 9 heteroatoms. The number of halogens is 4. The molecule has 0 aliphatic heterocycles. The predicted molar refractivity (Wildman–Crippen MR) is 64.2 cm³/mol. The van der Waals surface area contributed by atoms with Crippen LogP contribution in [-0.4, -0.2) is 20.9 Å². The highest BCUT2D eigenvalue weighted by atomic mass is 35.5. The summed E-state index contributed by atoms with van der Waals surface area (Å²) >= 11 is 5.60. The van der Waals surface area contributed by atoms with Crippen molar-refractivity contribution >= 4 is 23.5 Å². The van der Waals surface area contributed by atoms with Crippen LogP contribution in [0, 0.1) is 0 Å². The maximum absolute atomic E-state index is 12.3. The molecule has 1 amide bonds. The van der Waals surface area contributed by atoms with E-state index in [4.69, 9.17) is 11.6 Å². The summed E-state index contributed by atoms with van der Waals surface area (Å²) in [7, 11) is 0. The largest absolute Gasteiger partial charge is 0.417 e. The Bertz CT molecular complexity index is 630. The Labute approximate surface area is 115 Å². The zero-order valence-electron chi connectivity index (χ0n) is 9.65. The van der Waals surface area contributed by atoms with Gasteiger partial charge in [0.15, 0.2) is 0 Å². The molecule has 2 aromatic heterocycles. The molecule has 104 valence electrons. The summed E-state index contributed by atoms with van der Waals surface area (Å²) in [4.78, 5) is 22.6. The van der Waals surface area contributed by atoms with Crippen molar-refractivity contribution in [1.82, 2.24) is 15.0 Å². The Balaban J connectivity index is 2.14. The van der Waals surface area contributed by atoms with E-state index in [1.807, 2.05) is 0 Å². The number of rotatable bonds is 2. The minimum atomic E-state index is -4.50. The van der Waals surface area contributed by atoms with Gasteiger partial charge in [0.1, 0.15) is 10.8 Å². The summed E-state index contributed by atoms with van der Waals surface area (Å²) in [5.41, 5.74) is -1.13. The van der Waals surface area contributed by atoms with Crippen LogP contribution >= 0.6 is 11.6 Å². The van der Waals surface area contributed by atoms with Crippen LogP contribution in [0.3, 0.4) is 0 Å². The standard InChI is InChI=1S/C11H6ClF3N4O/c12-8-3-4-16-10(18-8)19-9(20)7-2-1-6(5-17-7)11(13,14)15/h1-5H,(H,16,18,19,20). The van der Waals surface area contributed by atoms with E-state index in [9.17, 15) is 18.0 Å². The van der Waals surface area contributed by atoms with Crippen molar-refractivity contribution in [1.29, 1.82) is 0 Å². The Morgan fingerprint density at radius 3 is 2.50 bits per heavy atom. The number of nitrogens with zero attached hydrogens (tertiary/aromatic N) is 3. The lowest BCUT2D eigenvalue weighted by molar-refractivity contribution is -0.137. The number of hydrogen-bond acceptors (Lipinski definition) is 4. The molecule has 1 N–H and O–H groups in total. The maximum atomic E-state index is 12.3. The normalized spacial score (nSPS) is 11.2. The van der Waals surface area contributed by atoms with Crippen LogP contribution in [0.1, 0.15) is 16.1 Å². The van der Waals surface area contributed by atoms with Gasteiger partial charge in [-0.15, -0.1) is 0 Å². The van der Waals surface area contributed by atoms with Gasteiger partial charge in [0.2, 0.25) is 5.95 Å². The van der Waals surface area contributed by atoms with Gasteiger partial charge in [-0.05, 0) is 18.2 Å². The topological polar surface area (TPSA) is 67.8 Å². The molecular formula is C11H6ClF3N4O. The van der Waals surface area contributed by atoms with E-state index in [0.717, 1.165) is 12.1 Å². The number of carbonyl (C=O) groups excluding carboxylic acids is 1. The second-order valence-electron chi connectivity index (χ2n) is 3.59. The first-order valence-corrected chi connectivity index (χ1v) is 5.57. The molecule has 0 radical (unpaired) electrons. The Morgan fingerprint density at radius 1 is 1.20 bits per heavy atom. The minimum Gasteiger partial charge on any atom is -0.289 e. The number of carbonyl (C=O) groups is 1. The molecule has 20 heavy (non-hydrogen) atoms. The molecular weight excluding hydrogens is 297 g/mol. The van der Waals surface area contributed by atoms with Crippen molar-refractivity contribution in [3.05, 3.63) is 47.0 Å². The van der Waals surface area contributed by atoms with E-state index in [-0.39, 0.29) is 16.8 Å². The fourth-order valence-corrected chi connectivity index (χ4v) is 1.39. The molecule has 0 bridgehead atoms. The van der Waals surface area contributed by atoms with Crippen LogP contribution in [-0.2, 0) is 6.18 Å². The third-order valence-corrected chi connectivity index (χ3v) is 2.38. The van der Waals surface area contributed by atoms with Gasteiger partial charge in [-0.1, -0.05) is 11.6 Å². The number of pyridine rings is 1. The van der Waals surface area contributed by atoms with Crippen molar-refractivity contribution in [2.24, 2.45) is 0 Å². The molecule has 0 atom stereocenters. The number of amides is 1. The summed E-state index contributed by atoms with van der Waals surface area (Å²) in [6, 6.07) is 3.14. The summed E-state index contributed by atoms with van der Waals surface area (Å²) in [5.74, 6) is -0.801. The molecule has 0 unspecified atom stereocenters. The number of anilines is 1. The van der Waals surface area contributed by atoms with Crippen LogP contribution < -0.4 is 5.32 Å². The fourth-order valence-electron chi connectivity index (χ4n) is 1.26. The minimum absolute atomic E-state index is 0.0656. The van der Waals surface area contributed by atoms with Crippen LogP contribution in [0.2, 0.25) is 5.15 Å². The summed E-state index contributed by atoms with van der Waals surface area (Å²) in [6.07, 6.45) is -2.60. The van der Waals surface area contributed by atoms with Gasteiger partial charge in [-0.3, -0.25) is 15.1 Å². The molecule has 0 saturated carbocycles. The number of alkyl halides is 3. The maximum Gasteiger partial charge on any atom is 0.417 e. The highest BCUT2D eigenvalue weighted by molar-refractivity contribution is 6.29. The lowest BCUT2D eigenvalue weighted by atomic mass is 10.2. The lowest BCUT2D eigenvalue weighted by Crippen LogP contribution is -2.16. The first-order chi connectivity index (χ1) is 9.36. The fraction of sp³-hybridized carbons (Fsp3) is 0.0909. The molecule has 0 aromatic carbocycles. The molecule has 2 aromatic rings. The number of aromatic nitrogens is 3. The summed E-state index contributed by atoms with van der Waals surface area (Å²) in [6.45, 7) is 0. The van der Waals surface area contributed by atoms with Crippen LogP contribution in [0.25, 0.3) is 0 Å². The molecule has 0 spiro atoms. The molecule has 0 aliphatic rings. The quantitative estimate of drug-likeness (QED) is 0.866. The highest BCUT2D eigenvalue weighted by Gasteiger charge is 2.30. The van der Waals surface area contributed by atoms with Crippen molar-refractivity contribution < 1.29 is 18.0 Å². The smallest absolute Gasteiger partial charge is 0.289 e.